The number of amides is 1. The summed E-state index contributed by atoms with van der Waals surface area (Å²) in [6.45, 7) is 0. The van der Waals surface area contributed by atoms with Crippen LogP contribution in [0.15, 0.2) is 39.9 Å². The molecule has 0 aliphatic heterocycles. The molecular weight excluding hydrogens is 272 g/mol. The Balaban J connectivity index is 2.18. The maximum absolute atomic E-state index is 11.8. The Morgan fingerprint density at radius 1 is 1.47 bits per heavy atom. The Bertz CT molecular complexity index is 652. The van der Waals surface area contributed by atoms with Crippen LogP contribution in [0.3, 0.4) is 0 Å². The Hall–Kier alpha value is -2.34. The van der Waals surface area contributed by atoms with Gasteiger partial charge in [-0.25, -0.2) is 4.98 Å². The van der Waals surface area contributed by atoms with Crippen molar-refractivity contribution in [2.75, 3.05) is 12.4 Å². The van der Waals surface area contributed by atoms with Gasteiger partial charge in [0.15, 0.2) is 5.76 Å². The molecule has 2 aromatic heterocycles. The quantitative estimate of drug-likeness (QED) is 0.869. The molecule has 2 rings (SSSR count). The lowest BCUT2D eigenvalue weighted by molar-refractivity contribution is 0.0993. The molecule has 0 atom stereocenters. The molecule has 0 spiro atoms. The fraction of sp³-hybridized carbons (Fsp3) is 0.0833. The highest BCUT2D eigenvalue weighted by molar-refractivity contribution is 6.29. The Labute approximate surface area is 113 Å². The number of methoxy groups -OCH3 is 1. The van der Waals surface area contributed by atoms with Crippen molar-refractivity contribution in [3.05, 3.63) is 51.8 Å². The standard InChI is InChI=1S/C12H9ClN2O4/c1-18-10-6-19-9(4-8(10)16)12(17)15-7-2-3-11(13)14-5-7/h2-6H,1H3,(H,15,17). The average Bonchev–Trinajstić information content (AvgIpc) is 2.41. The summed E-state index contributed by atoms with van der Waals surface area (Å²) in [5.74, 6) is -0.658. The van der Waals surface area contributed by atoms with Crippen molar-refractivity contribution in [2.24, 2.45) is 0 Å². The zero-order valence-electron chi connectivity index (χ0n) is 9.84. The van der Waals surface area contributed by atoms with Gasteiger partial charge < -0.3 is 14.5 Å². The summed E-state index contributed by atoms with van der Waals surface area (Å²) < 4.78 is 9.75. The monoisotopic (exact) mass is 280 g/mol. The summed E-state index contributed by atoms with van der Waals surface area (Å²) in [5, 5.41) is 2.83. The van der Waals surface area contributed by atoms with Gasteiger partial charge in [0, 0.05) is 6.07 Å². The molecule has 0 unspecified atom stereocenters. The van der Waals surface area contributed by atoms with Crippen LogP contribution in [0.2, 0.25) is 5.15 Å². The van der Waals surface area contributed by atoms with Gasteiger partial charge in [-0.05, 0) is 12.1 Å². The van der Waals surface area contributed by atoms with Crippen LogP contribution in [0.5, 0.6) is 5.75 Å². The van der Waals surface area contributed by atoms with Crippen LogP contribution in [-0.2, 0) is 0 Å². The molecular formula is C12H9ClN2O4. The van der Waals surface area contributed by atoms with Crippen molar-refractivity contribution >= 4 is 23.2 Å². The van der Waals surface area contributed by atoms with Crippen LogP contribution >= 0.6 is 11.6 Å². The summed E-state index contributed by atoms with van der Waals surface area (Å²) >= 11 is 5.62. The molecule has 0 radical (unpaired) electrons. The van der Waals surface area contributed by atoms with Crippen molar-refractivity contribution in [1.82, 2.24) is 4.98 Å². The summed E-state index contributed by atoms with van der Waals surface area (Å²) in [7, 11) is 1.34. The van der Waals surface area contributed by atoms with Gasteiger partial charge in [-0.15, -0.1) is 0 Å². The first-order valence-electron chi connectivity index (χ1n) is 5.20. The van der Waals surface area contributed by atoms with Crippen molar-refractivity contribution < 1.29 is 13.9 Å². The van der Waals surface area contributed by atoms with Gasteiger partial charge in [0.1, 0.15) is 11.4 Å². The molecule has 6 nitrogen and oxygen atoms in total. The third kappa shape index (κ3) is 3.11. The number of pyridine rings is 1. The lowest BCUT2D eigenvalue weighted by atomic mass is 10.3. The molecule has 1 amide bonds. The number of carbonyl (C=O) groups excluding carboxylic acids is 1. The maximum atomic E-state index is 11.8. The molecule has 0 fully saturated rings. The number of carbonyl (C=O) groups is 1. The van der Waals surface area contributed by atoms with E-state index in [0.717, 1.165) is 12.3 Å². The molecule has 1 N–H and O–H groups in total. The highest BCUT2D eigenvalue weighted by atomic mass is 35.5. The first kappa shape index (κ1) is 13.1. The summed E-state index contributed by atoms with van der Waals surface area (Å²) in [5.41, 5.74) is 0.000924. The van der Waals surface area contributed by atoms with Gasteiger partial charge in [-0.1, -0.05) is 11.6 Å². The predicted octanol–water partition coefficient (Wildman–Crippen LogP) is 1.95. The third-order valence-corrected chi connectivity index (χ3v) is 2.45. The molecule has 0 aliphatic rings. The van der Waals surface area contributed by atoms with E-state index in [1.165, 1.54) is 19.4 Å². The zero-order valence-corrected chi connectivity index (χ0v) is 10.6. The minimum atomic E-state index is -0.566. The first-order valence-corrected chi connectivity index (χ1v) is 5.57. The van der Waals surface area contributed by atoms with Crippen LogP contribution < -0.4 is 15.5 Å². The number of hydrogen-bond donors (Lipinski definition) is 1. The highest BCUT2D eigenvalue weighted by Gasteiger charge is 2.12. The van der Waals surface area contributed by atoms with E-state index in [9.17, 15) is 9.59 Å². The highest BCUT2D eigenvalue weighted by Crippen LogP contribution is 2.12. The van der Waals surface area contributed by atoms with E-state index in [1.807, 2.05) is 0 Å². The molecule has 0 aliphatic carbocycles. The van der Waals surface area contributed by atoms with Crippen molar-refractivity contribution in [1.29, 1.82) is 0 Å². The smallest absolute Gasteiger partial charge is 0.291 e. The van der Waals surface area contributed by atoms with Crippen LogP contribution in [0.1, 0.15) is 10.6 Å². The van der Waals surface area contributed by atoms with Crippen LogP contribution in [0.4, 0.5) is 5.69 Å². The van der Waals surface area contributed by atoms with E-state index < -0.39 is 11.3 Å². The number of hydrogen-bond acceptors (Lipinski definition) is 5. The van der Waals surface area contributed by atoms with Gasteiger partial charge in [0.2, 0.25) is 11.2 Å². The lowest BCUT2D eigenvalue weighted by Crippen LogP contribution is -2.15. The van der Waals surface area contributed by atoms with Crippen molar-refractivity contribution in [2.45, 2.75) is 0 Å². The summed E-state index contributed by atoms with van der Waals surface area (Å²) in [6, 6.07) is 4.16. The third-order valence-electron chi connectivity index (χ3n) is 2.23. The topological polar surface area (TPSA) is 81.4 Å². The maximum Gasteiger partial charge on any atom is 0.291 e. The first-order chi connectivity index (χ1) is 9.10. The zero-order chi connectivity index (χ0) is 13.8. The average molecular weight is 281 g/mol. The summed E-state index contributed by atoms with van der Waals surface area (Å²) in [6.07, 6.45) is 2.47. The molecule has 2 heterocycles. The van der Waals surface area contributed by atoms with Gasteiger partial charge in [-0.3, -0.25) is 9.59 Å². The van der Waals surface area contributed by atoms with E-state index in [-0.39, 0.29) is 11.5 Å². The Kier molecular flexibility index (Phi) is 3.82. The van der Waals surface area contributed by atoms with E-state index in [2.05, 4.69) is 10.3 Å². The van der Waals surface area contributed by atoms with E-state index in [1.54, 1.807) is 6.07 Å². The van der Waals surface area contributed by atoms with Gasteiger partial charge in [-0.2, -0.15) is 0 Å². The number of ether oxygens (including phenoxy) is 1. The number of nitrogens with zero attached hydrogens (tertiary/aromatic N) is 1. The molecule has 0 saturated carbocycles. The van der Waals surface area contributed by atoms with Gasteiger partial charge >= 0.3 is 0 Å². The SMILES string of the molecule is COc1coc(C(=O)Nc2ccc(Cl)nc2)cc1=O. The fourth-order valence-corrected chi connectivity index (χ4v) is 1.42. The normalized spacial score (nSPS) is 10.0. The molecule has 19 heavy (non-hydrogen) atoms. The second-order valence-corrected chi connectivity index (χ2v) is 3.89. The lowest BCUT2D eigenvalue weighted by Gasteiger charge is -2.04. The molecule has 2 aromatic rings. The van der Waals surface area contributed by atoms with E-state index in [4.69, 9.17) is 20.8 Å². The number of anilines is 1. The minimum absolute atomic E-state index is 0.0321. The number of rotatable bonds is 3. The Morgan fingerprint density at radius 3 is 2.84 bits per heavy atom. The second-order valence-electron chi connectivity index (χ2n) is 3.50. The Morgan fingerprint density at radius 2 is 2.26 bits per heavy atom. The molecule has 0 bridgehead atoms. The van der Waals surface area contributed by atoms with E-state index >= 15 is 0 Å². The molecule has 0 aromatic carbocycles. The van der Waals surface area contributed by atoms with Crippen molar-refractivity contribution in [3.63, 3.8) is 0 Å². The summed E-state index contributed by atoms with van der Waals surface area (Å²) in [4.78, 5) is 27.1. The number of halogens is 1. The number of aromatic nitrogens is 1. The predicted molar refractivity (Wildman–Crippen MR) is 68.7 cm³/mol. The molecule has 98 valence electrons. The van der Waals surface area contributed by atoms with Crippen molar-refractivity contribution in [3.8, 4) is 5.75 Å². The number of nitrogens with one attached hydrogen (secondary N) is 1. The largest absolute Gasteiger partial charge is 0.490 e. The second kappa shape index (κ2) is 5.53. The molecule has 0 saturated heterocycles. The van der Waals surface area contributed by atoms with Gasteiger partial charge in [0.05, 0.1) is 19.0 Å². The van der Waals surface area contributed by atoms with Crippen LogP contribution in [0, 0.1) is 0 Å². The molecule has 7 heteroatoms. The van der Waals surface area contributed by atoms with E-state index in [0.29, 0.717) is 10.8 Å². The van der Waals surface area contributed by atoms with Gasteiger partial charge in [0.25, 0.3) is 5.91 Å². The van der Waals surface area contributed by atoms with Crippen LogP contribution in [0.25, 0.3) is 0 Å². The minimum Gasteiger partial charge on any atom is -0.490 e. The van der Waals surface area contributed by atoms with Crippen LogP contribution in [-0.4, -0.2) is 18.0 Å². The fourth-order valence-electron chi connectivity index (χ4n) is 1.31.